The van der Waals surface area contributed by atoms with E-state index < -0.39 is 0 Å². The lowest BCUT2D eigenvalue weighted by molar-refractivity contribution is 0.628. The molecule has 0 unspecified atom stereocenters. The molecule has 0 aliphatic carbocycles. The number of hydrogen-bond acceptors (Lipinski definition) is 6. The van der Waals surface area contributed by atoms with Gasteiger partial charge in [0.2, 0.25) is 0 Å². The molecule has 0 bridgehead atoms. The fraction of sp³-hybridized carbons (Fsp3) is 0.150. The van der Waals surface area contributed by atoms with Crippen LogP contribution in [0.1, 0.15) is 5.82 Å². The maximum Gasteiger partial charge on any atom is 0.262 e. The summed E-state index contributed by atoms with van der Waals surface area (Å²) in [5.74, 6) is 1.13. The Balaban J connectivity index is 1.65. The normalized spacial score (nSPS) is 10.9. The van der Waals surface area contributed by atoms with Gasteiger partial charge in [0.1, 0.15) is 18.2 Å². The van der Waals surface area contributed by atoms with Crippen LogP contribution in [-0.4, -0.2) is 24.3 Å². The average molecular weight is 406 g/mol. The molecule has 0 atom stereocenters. The SMILES string of the molecule is Cn1c(SCc2nc3ccccc3c(=O)n2CC#N)nnc1-c1ccc(F)cc1. The molecular formula is C20H15FN6OS. The summed E-state index contributed by atoms with van der Waals surface area (Å²) in [7, 11) is 1.82. The van der Waals surface area contributed by atoms with Crippen LogP contribution in [0.25, 0.3) is 22.3 Å². The highest BCUT2D eigenvalue weighted by atomic mass is 32.2. The van der Waals surface area contributed by atoms with Crippen molar-refractivity contribution in [1.82, 2.24) is 24.3 Å². The highest BCUT2D eigenvalue weighted by Crippen LogP contribution is 2.25. The zero-order chi connectivity index (χ0) is 20.4. The minimum absolute atomic E-state index is 0.0772. The summed E-state index contributed by atoms with van der Waals surface area (Å²) in [5.41, 5.74) is 1.10. The van der Waals surface area contributed by atoms with Crippen molar-refractivity contribution in [2.24, 2.45) is 7.05 Å². The Morgan fingerprint density at radius 3 is 2.66 bits per heavy atom. The van der Waals surface area contributed by atoms with Crippen molar-refractivity contribution in [1.29, 1.82) is 5.26 Å². The minimum atomic E-state index is -0.316. The van der Waals surface area contributed by atoms with Crippen molar-refractivity contribution in [2.75, 3.05) is 0 Å². The first-order valence-corrected chi connectivity index (χ1v) is 9.70. The molecule has 0 aliphatic rings. The third kappa shape index (κ3) is 3.62. The van der Waals surface area contributed by atoms with Crippen LogP contribution < -0.4 is 5.56 Å². The molecule has 7 nitrogen and oxygen atoms in total. The molecule has 2 aromatic carbocycles. The molecule has 0 aliphatic heterocycles. The second kappa shape index (κ2) is 7.85. The summed E-state index contributed by atoms with van der Waals surface area (Å²) in [4.78, 5) is 17.3. The van der Waals surface area contributed by atoms with Gasteiger partial charge in [-0.05, 0) is 36.4 Å². The van der Waals surface area contributed by atoms with Crippen molar-refractivity contribution < 1.29 is 4.39 Å². The number of rotatable bonds is 5. The molecule has 144 valence electrons. The van der Waals surface area contributed by atoms with E-state index in [0.717, 1.165) is 5.56 Å². The number of nitrogens with zero attached hydrogens (tertiary/aromatic N) is 6. The summed E-state index contributed by atoms with van der Waals surface area (Å²) in [6, 6.07) is 15.1. The largest absolute Gasteiger partial charge is 0.305 e. The molecule has 2 aromatic heterocycles. The van der Waals surface area contributed by atoms with Crippen LogP contribution in [0, 0.1) is 17.1 Å². The molecule has 4 aromatic rings. The Kier molecular flexibility index (Phi) is 5.10. The Morgan fingerprint density at radius 1 is 1.14 bits per heavy atom. The maximum atomic E-state index is 13.2. The van der Waals surface area contributed by atoms with Gasteiger partial charge in [-0.25, -0.2) is 9.37 Å². The number of fused-ring (bicyclic) bond motifs is 1. The topological polar surface area (TPSA) is 89.4 Å². The van der Waals surface area contributed by atoms with E-state index in [0.29, 0.717) is 33.5 Å². The number of para-hydroxylation sites is 1. The van der Waals surface area contributed by atoms with Gasteiger partial charge in [0, 0.05) is 12.6 Å². The Morgan fingerprint density at radius 2 is 1.90 bits per heavy atom. The predicted octanol–water partition coefficient (Wildman–Crippen LogP) is 3.15. The van der Waals surface area contributed by atoms with Gasteiger partial charge < -0.3 is 4.57 Å². The van der Waals surface area contributed by atoms with Crippen molar-refractivity contribution in [2.45, 2.75) is 17.5 Å². The van der Waals surface area contributed by atoms with Crippen molar-refractivity contribution in [3.63, 3.8) is 0 Å². The Hall–Kier alpha value is -3.51. The summed E-state index contributed by atoms with van der Waals surface area (Å²) in [6.45, 7) is -0.0772. The Bertz CT molecular complexity index is 1290. The van der Waals surface area contributed by atoms with Gasteiger partial charge >= 0.3 is 0 Å². The fourth-order valence-corrected chi connectivity index (χ4v) is 3.84. The van der Waals surface area contributed by atoms with Gasteiger partial charge in [0.25, 0.3) is 5.56 Å². The van der Waals surface area contributed by atoms with Gasteiger partial charge in [-0.15, -0.1) is 10.2 Å². The fourth-order valence-electron chi connectivity index (χ4n) is 2.98. The zero-order valence-corrected chi connectivity index (χ0v) is 16.2. The second-order valence-corrected chi connectivity index (χ2v) is 7.20. The van der Waals surface area contributed by atoms with Crippen LogP contribution in [0.2, 0.25) is 0 Å². The molecule has 0 spiro atoms. The van der Waals surface area contributed by atoms with Crippen LogP contribution in [0.3, 0.4) is 0 Å². The first-order valence-electron chi connectivity index (χ1n) is 8.72. The Labute approximate surface area is 169 Å². The number of aromatic nitrogens is 5. The van der Waals surface area contributed by atoms with E-state index in [1.807, 2.05) is 19.2 Å². The predicted molar refractivity (Wildman–Crippen MR) is 108 cm³/mol. The van der Waals surface area contributed by atoms with Crippen molar-refractivity contribution in [3.05, 3.63) is 70.5 Å². The number of thioether (sulfide) groups is 1. The highest BCUT2D eigenvalue weighted by Gasteiger charge is 2.15. The molecule has 0 amide bonds. The van der Waals surface area contributed by atoms with Crippen molar-refractivity contribution >= 4 is 22.7 Å². The summed E-state index contributed by atoms with van der Waals surface area (Å²) in [5, 5.41) is 18.6. The van der Waals surface area contributed by atoms with Gasteiger partial charge in [-0.3, -0.25) is 9.36 Å². The number of nitriles is 1. The molecular weight excluding hydrogens is 391 g/mol. The molecule has 0 saturated heterocycles. The molecule has 0 saturated carbocycles. The first-order chi connectivity index (χ1) is 14.1. The standard InChI is InChI=1S/C20H15FN6OS/c1-26-18(13-6-8-14(21)9-7-13)24-25-20(26)29-12-17-23-16-5-3-2-4-15(16)19(28)27(17)11-10-22/h2-9H,11-12H2,1H3. The lowest BCUT2D eigenvalue weighted by atomic mass is 10.2. The molecule has 2 heterocycles. The summed E-state index contributed by atoms with van der Waals surface area (Å²) < 4.78 is 16.3. The number of benzene rings is 2. The van der Waals surface area contributed by atoms with Gasteiger partial charge in [0.05, 0.1) is 22.7 Å². The molecule has 29 heavy (non-hydrogen) atoms. The van der Waals surface area contributed by atoms with E-state index in [9.17, 15) is 9.18 Å². The lowest BCUT2D eigenvalue weighted by Gasteiger charge is -2.10. The molecule has 4 rings (SSSR count). The van der Waals surface area contributed by atoms with Crippen LogP contribution in [0.5, 0.6) is 0 Å². The molecule has 0 N–H and O–H groups in total. The number of hydrogen-bond donors (Lipinski definition) is 0. The van der Waals surface area contributed by atoms with Crippen LogP contribution >= 0.6 is 11.8 Å². The summed E-state index contributed by atoms with van der Waals surface area (Å²) in [6.07, 6.45) is 0. The summed E-state index contributed by atoms with van der Waals surface area (Å²) >= 11 is 1.36. The zero-order valence-electron chi connectivity index (χ0n) is 15.4. The van der Waals surface area contributed by atoms with E-state index in [4.69, 9.17) is 5.26 Å². The van der Waals surface area contributed by atoms with E-state index in [1.54, 1.807) is 34.9 Å². The quantitative estimate of drug-likeness (QED) is 0.473. The third-order valence-electron chi connectivity index (χ3n) is 4.44. The monoisotopic (exact) mass is 406 g/mol. The highest BCUT2D eigenvalue weighted by molar-refractivity contribution is 7.98. The second-order valence-electron chi connectivity index (χ2n) is 6.26. The molecule has 9 heteroatoms. The van der Waals surface area contributed by atoms with Gasteiger partial charge in [-0.2, -0.15) is 5.26 Å². The van der Waals surface area contributed by atoms with E-state index in [-0.39, 0.29) is 17.9 Å². The average Bonchev–Trinajstić information content (AvgIpc) is 3.10. The van der Waals surface area contributed by atoms with Crippen LogP contribution in [-0.2, 0) is 19.3 Å². The van der Waals surface area contributed by atoms with Gasteiger partial charge in [0.15, 0.2) is 11.0 Å². The smallest absolute Gasteiger partial charge is 0.262 e. The van der Waals surface area contributed by atoms with E-state index in [2.05, 4.69) is 15.2 Å². The number of halogens is 1. The minimum Gasteiger partial charge on any atom is -0.305 e. The van der Waals surface area contributed by atoms with E-state index >= 15 is 0 Å². The molecule has 0 radical (unpaired) electrons. The third-order valence-corrected chi connectivity index (χ3v) is 5.45. The first kappa shape index (κ1) is 18.8. The van der Waals surface area contributed by atoms with Crippen molar-refractivity contribution in [3.8, 4) is 17.5 Å². The maximum absolute atomic E-state index is 13.2. The van der Waals surface area contributed by atoms with Crippen LogP contribution in [0.4, 0.5) is 4.39 Å². The van der Waals surface area contributed by atoms with Gasteiger partial charge in [-0.1, -0.05) is 23.9 Å². The lowest BCUT2D eigenvalue weighted by Crippen LogP contribution is -2.24. The van der Waals surface area contributed by atoms with Crippen LogP contribution in [0.15, 0.2) is 58.5 Å². The van der Waals surface area contributed by atoms with E-state index in [1.165, 1.54) is 28.5 Å². The molecule has 0 fully saturated rings.